The molecule has 2 atom stereocenters. The molecule has 0 aromatic heterocycles. The molecule has 0 spiro atoms. The zero-order valence-electron chi connectivity index (χ0n) is 14.2. The number of piperazine rings is 1. The van der Waals surface area contributed by atoms with E-state index in [1.54, 1.807) is 13.0 Å². The summed E-state index contributed by atoms with van der Waals surface area (Å²) in [6.45, 7) is 10.1. The summed E-state index contributed by atoms with van der Waals surface area (Å²) in [5.74, 6) is -1.56. The predicted octanol–water partition coefficient (Wildman–Crippen LogP) is 2.76. The van der Waals surface area contributed by atoms with Gasteiger partial charge >= 0.3 is 5.97 Å². The molecule has 1 aliphatic rings. The molecular weight excluding hydrogens is 314 g/mol. The fourth-order valence-electron chi connectivity index (χ4n) is 3.17. The molecule has 0 saturated carbocycles. The van der Waals surface area contributed by atoms with Crippen molar-refractivity contribution < 1.29 is 18.3 Å². The minimum atomic E-state index is -0.621. The maximum absolute atomic E-state index is 13.7. The molecular formula is C18H24F2N2O2. The van der Waals surface area contributed by atoms with Gasteiger partial charge in [0.15, 0.2) is 0 Å². The highest BCUT2D eigenvalue weighted by Gasteiger charge is 2.39. The maximum Gasteiger partial charge on any atom is 0.324 e. The van der Waals surface area contributed by atoms with Crippen molar-refractivity contribution in [2.75, 3.05) is 32.8 Å². The molecule has 1 heterocycles. The van der Waals surface area contributed by atoms with Crippen LogP contribution >= 0.6 is 0 Å². The first-order chi connectivity index (χ1) is 11.5. The molecule has 1 saturated heterocycles. The summed E-state index contributed by atoms with van der Waals surface area (Å²) in [6, 6.07) is 2.70. The van der Waals surface area contributed by atoms with Gasteiger partial charge in [-0.15, -0.1) is 6.58 Å². The van der Waals surface area contributed by atoms with Crippen molar-refractivity contribution in [2.24, 2.45) is 0 Å². The Hall–Kier alpha value is -1.79. The normalized spacial score (nSPS) is 22.3. The third kappa shape index (κ3) is 4.19. The number of nitrogens with zero attached hydrogens (tertiary/aromatic N) is 2. The van der Waals surface area contributed by atoms with Crippen LogP contribution in [0.2, 0.25) is 0 Å². The molecule has 0 unspecified atom stereocenters. The van der Waals surface area contributed by atoms with E-state index in [4.69, 9.17) is 4.74 Å². The van der Waals surface area contributed by atoms with E-state index >= 15 is 0 Å². The van der Waals surface area contributed by atoms with Crippen LogP contribution in [0.4, 0.5) is 8.78 Å². The molecule has 0 bridgehead atoms. The van der Waals surface area contributed by atoms with Crippen molar-refractivity contribution in [3.8, 4) is 0 Å². The Balaban J connectivity index is 2.40. The third-order valence-electron chi connectivity index (χ3n) is 4.28. The van der Waals surface area contributed by atoms with Crippen LogP contribution in [0.15, 0.2) is 30.9 Å². The summed E-state index contributed by atoms with van der Waals surface area (Å²) in [5.41, 5.74) is 0.516. The van der Waals surface area contributed by atoms with Gasteiger partial charge in [0.2, 0.25) is 0 Å². The van der Waals surface area contributed by atoms with Crippen LogP contribution in [0.1, 0.15) is 25.5 Å². The van der Waals surface area contributed by atoms with Gasteiger partial charge in [-0.25, -0.2) is 8.78 Å². The van der Waals surface area contributed by atoms with Gasteiger partial charge in [-0.05, 0) is 31.2 Å². The number of carbonyl (C=O) groups is 1. The molecule has 24 heavy (non-hydrogen) atoms. The molecule has 1 fully saturated rings. The summed E-state index contributed by atoms with van der Waals surface area (Å²) in [4.78, 5) is 16.4. The quantitative estimate of drug-likeness (QED) is 0.590. The summed E-state index contributed by atoms with van der Waals surface area (Å²) in [5, 5.41) is 0. The molecule has 0 N–H and O–H groups in total. The number of halogens is 2. The Morgan fingerprint density at radius 1 is 1.29 bits per heavy atom. The van der Waals surface area contributed by atoms with Crippen molar-refractivity contribution in [3.05, 3.63) is 48.1 Å². The number of rotatable bonds is 6. The Morgan fingerprint density at radius 2 is 1.96 bits per heavy atom. The average molecular weight is 338 g/mol. The minimum Gasteiger partial charge on any atom is -0.465 e. The van der Waals surface area contributed by atoms with Crippen LogP contribution in [0.25, 0.3) is 0 Å². The molecule has 0 aliphatic carbocycles. The minimum absolute atomic E-state index is 0.294. The van der Waals surface area contributed by atoms with Crippen LogP contribution in [-0.4, -0.2) is 54.6 Å². The zero-order valence-corrected chi connectivity index (χ0v) is 14.2. The molecule has 0 radical (unpaired) electrons. The first-order valence-corrected chi connectivity index (χ1v) is 8.21. The number of ether oxygens (including phenoxy) is 1. The summed E-state index contributed by atoms with van der Waals surface area (Å²) >= 11 is 0. The molecule has 1 aromatic rings. The molecule has 132 valence electrons. The van der Waals surface area contributed by atoms with E-state index < -0.39 is 17.7 Å². The summed E-state index contributed by atoms with van der Waals surface area (Å²) in [7, 11) is 0. The lowest BCUT2D eigenvalue weighted by Gasteiger charge is -2.45. The monoisotopic (exact) mass is 338 g/mol. The smallest absolute Gasteiger partial charge is 0.324 e. The van der Waals surface area contributed by atoms with E-state index in [1.807, 2.05) is 11.8 Å². The van der Waals surface area contributed by atoms with Gasteiger partial charge in [0.1, 0.15) is 17.7 Å². The number of hydrogen-bond donors (Lipinski definition) is 0. The average Bonchev–Trinajstić information content (AvgIpc) is 2.54. The second kappa shape index (κ2) is 8.35. The highest BCUT2D eigenvalue weighted by atomic mass is 19.1. The molecule has 1 aliphatic heterocycles. The lowest BCUT2D eigenvalue weighted by molar-refractivity contribution is -0.153. The Morgan fingerprint density at radius 3 is 2.50 bits per heavy atom. The number of likely N-dealkylation sites (N-methyl/N-ethyl adjacent to an activating group) is 1. The first-order valence-electron chi connectivity index (χ1n) is 8.21. The lowest BCUT2D eigenvalue weighted by atomic mass is 9.98. The van der Waals surface area contributed by atoms with Crippen LogP contribution in [0.5, 0.6) is 0 Å². The first kappa shape index (κ1) is 18.5. The second-order valence-electron chi connectivity index (χ2n) is 5.82. The van der Waals surface area contributed by atoms with E-state index in [-0.39, 0.29) is 12.0 Å². The van der Waals surface area contributed by atoms with E-state index in [9.17, 15) is 13.6 Å². The third-order valence-corrected chi connectivity index (χ3v) is 4.28. The van der Waals surface area contributed by atoms with Crippen LogP contribution < -0.4 is 0 Å². The topological polar surface area (TPSA) is 32.8 Å². The van der Waals surface area contributed by atoms with E-state index in [0.717, 1.165) is 12.6 Å². The number of hydrogen-bond acceptors (Lipinski definition) is 4. The van der Waals surface area contributed by atoms with Crippen LogP contribution in [-0.2, 0) is 9.53 Å². The van der Waals surface area contributed by atoms with E-state index in [1.165, 1.54) is 12.1 Å². The number of carbonyl (C=O) groups excluding carboxylic acids is 1. The standard InChI is InChI=1S/C18H24F2N2O2/c1-4-7-22-16(13-8-14(19)10-15(20)9-13)11-21(5-2)12-17(22)18(23)24-6-3/h4,8-10,16-17H,1,5-7,11-12H2,2-3H3/t16-,17-/m0/s1. The van der Waals surface area contributed by atoms with Crippen molar-refractivity contribution >= 4 is 5.97 Å². The summed E-state index contributed by atoms with van der Waals surface area (Å²) in [6.07, 6.45) is 1.69. The maximum atomic E-state index is 13.7. The highest BCUT2D eigenvalue weighted by Crippen LogP contribution is 2.30. The van der Waals surface area contributed by atoms with E-state index in [2.05, 4.69) is 11.5 Å². The van der Waals surface area contributed by atoms with Gasteiger partial charge in [0.25, 0.3) is 0 Å². The fourth-order valence-corrected chi connectivity index (χ4v) is 3.17. The van der Waals surface area contributed by atoms with Crippen molar-refractivity contribution in [1.29, 1.82) is 0 Å². The Bertz CT molecular complexity index is 574. The molecule has 1 aromatic carbocycles. The zero-order chi connectivity index (χ0) is 17.7. The summed E-state index contributed by atoms with van der Waals surface area (Å²) < 4.78 is 32.5. The van der Waals surface area contributed by atoms with Gasteiger partial charge in [-0.2, -0.15) is 0 Å². The molecule has 2 rings (SSSR count). The van der Waals surface area contributed by atoms with Gasteiger partial charge < -0.3 is 4.74 Å². The molecule has 4 nitrogen and oxygen atoms in total. The van der Waals surface area contributed by atoms with Gasteiger partial charge in [-0.3, -0.25) is 14.6 Å². The SMILES string of the molecule is C=CCN1[C@H](C(=O)OCC)CN(CC)C[C@H]1c1cc(F)cc(F)c1. The lowest BCUT2D eigenvalue weighted by Crippen LogP contribution is -2.58. The van der Waals surface area contributed by atoms with Crippen molar-refractivity contribution in [3.63, 3.8) is 0 Å². The Labute approximate surface area is 141 Å². The largest absolute Gasteiger partial charge is 0.465 e. The fraction of sp³-hybridized carbons (Fsp3) is 0.500. The Kier molecular flexibility index (Phi) is 6.45. The van der Waals surface area contributed by atoms with Crippen LogP contribution in [0, 0.1) is 11.6 Å². The number of benzene rings is 1. The van der Waals surface area contributed by atoms with Gasteiger partial charge in [0.05, 0.1) is 6.61 Å². The predicted molar refractivity (Wildman–Crippen MR) is 88.5 cm³/mol. The number of esters is 1. The van der Waals surface area contributed by atoms with Gasteiger partial charge in [-0.1, -0.05) is 13.0 Å². The molecule has 6 heteroatoms. The van der Waals surface area contributed by atoms with E-state index in [0.29, 0.717) is 31.8 Å². The second-order valence-corrected chi connectivity index (χ2v) is 5.82. The highest BCUT2D eigenvalue weighted by molar-refractivity contribution is 5.76. The van der Waals surface area contributed by atoms with Gasteiger partial charge in [0, 0.05) is 31.7 Å². The van der Waals surface area contributed by atoms with Crippen molar-refractivity contribution in [2.45, 2.75) is 25.9 Å². The molecule has 0 amide bonds. The van der Waals surface area contributed by atoms with Crippen LogP contribution in [0.3, 0.4) is 0 Å². The van der Waals surface area contributed by atoms with Crippen molar-refractivity contribution in [1.82, 2.24) is 9.80 Å².